The van der Waals surface area contributed by atoms with Crippen LogP contribution in [0.15, 0.2) is 88.0 Å². The summed E-state index contributed by atoms with van der Waals surface area (Å²) in [6.07, 6.45) is 16.7. The van der Waals surface area contributed by atoms with Crippen molar-refractivity contribution in [3.05, 3.63) is 83.0 Å². The molecule has 0 saturated carbocycles. The van der Waals surface area contributed by atoms with Crippen LogP contribution in [0.4, 0.5) is 0 Å². The Balaban J connectivity index is 6.30. The van der Waals surface area contributed by atoms with E-state index in [1.165, 1.54) is 6.08 Å². The molecule has 8 nitrogen and oxygen atoms in total. The summed E-state index contributed by atoms with van der Waals surface area (Å²) in [6.45, 7) is 11.7. The molecule has 0 heterocycles. The predicted octanol–water partition coefficient (Wildman–Crippen LogP) is 5.68. The Morgan fingerprint density at radius 3 is 2.26 bits per heavy atom. The monoisotopic (exact) mass is 539 g/mol. The summed E-state index contributed by atoms with van der Waals surface area (Å²) in [6, 6.07) is 0. The van der Waals surface area contributed by atoms with Gasteiger partial charge in [0.25, 0.3) is 5.91 Å². The number of hydrogen-bond donors (Lipinski definition) is 0. The van der Waals surface area contributed by atoms with E-state index >= 15 is 0 Å². The third-order valence-electron chi connectivity index (χ3n) is 5.44. The number of amidine groups is 1. The number of ether oxygens (including phenoxy) is 2. The van der Waals surface area contributed by atoms with Gasteiger partial charge in [-0.15, -0.1) is 0 Å². The van der Waals surface area contributed by atoms with Crippen molar-refractivity contribution in [3.8, 4) is 0 Å². The molecular weight excluding hydrogens is 494 g/mol. The second kappa shape index (κ2) is 20.2. The second-order valence-corrected chi connectivity index (χ2v) is 8.83. The number of aliphatic imine (C=N–C) groups is 1. The lowest BCUT2D eigenvalue weighted by Crippen LogP contribution is -2.38. The smallest absolute Gasteiger partial charge is 0.256 e. The number of likely N-dealkylation sites (N-methyl/N-ethyl adjacent to an activating group) is 1. The van der Waals surface area contributed by atoms with Gasteiger partial charge in [0.15, 0.2) is 0 Å². The van der Waals surface area contributed by atoms with E-state index < -0.39 is 0 Å². The largest absolute Gasteiger partial charge is 0.501 e. The van der Waals surface area contributed by atoms with Gasteiger partial charge in [-0.3, -0.25) is 14.5 Å². The van der Waals surface area contributed by atoms with Crippen LogP contribution in [0.3, 0.4) is 0 Å². The maximum absolute atomic E-state index is 13.3. The Bertz CT molecular complexity index is 1070. The van der Waals surface area contributed by atoms with Crippen molar-refractivity contribution in [3.63, 3.8) is 0 Å². The van der Waals surface area contributed by atoms with Crippen LogP contribution in [0.2, 0.25) is 0 Å². The van der Waals surface area contributed by atoms with Crippen molar-refractivity contribution in [1.82, 2.24) is 9.80 Å². The van der Waals surface area contributed by atoms with Gasteiger partial charge in [0.05, 0.1) is 19.5 Å². The Kier molecular flexibility index (Phi) is 18.3. The van der Waals surface area contributed by atoms with Gasteiger partial charge in [0, 0.05) is 51.0 Å². The van der Waals surface area contributed by atoms with Crippen LogP contribution in [0.1, 0.15) is 54.4 Å². The van der Waals surface area contributed by atoms with E-state index in [1.54, 1.807) is 81.5 Å². The van der Waals surface area contributed by atoms with Crippen LogP contribution in [-0.2, 0) is 23.9 Å². The summed E-state index contributed by atoms with van der Waals surface area (Å²) in [5, 5.41) is 0. The van der Waals surface area contributed by atoms with Crippen LogP contribution in [-0.4, -0.2) is 68.2 Å². The molecule has 0 bridgehead atoms. The molecule has 8 heteroatoms. The zero-order valence-electron chi connectivity index (χ0n) is 25.0. The molecule has 0 atom stereocenters. The van der Waals surface area contributed by atoms with Crippen molar-refractivity contribution < 1.29 is 23.9 Å². The first kappa shape index (κ1) is 35.2. The number of amides is 2. The number of carbonyl (C=O) groups excluding carboxylic acids is 3. The summed E-state index contributed by atoms with van der Waals surface area (Å²) in [5.74, 6) is 0.713. The third-order valence-corrected chi connectivity index (χ3v) is 5.44. The molecule has 0 N–H and O–H groups in total. The maximum Gasteiger partial charge on any atom is 0.256 e. The summed E-state index contributed by atoms with van der Waals surface area (Å²) < 4.78 is 10.2. The van der Waals surface area contributed by atoms with Crippen molar-refractivity contribution >= 4 is 23.9 Å². The first-order valence-corrected chi connectivity index (χ1v) is 12.8. The van der Waals surface area contributed by atoms with Crippen LogP contribution in [0.25, 0.3) is 0 Å². The lowest BCUT2D eigenvalue weighted by atomic mass is 10.0. The Morgan fingerprint density at radius 2 is 1.72 bits per heavy atom. The van der Waals surface area contributed by atoms with Crippen LogP contribution >= 0.6 is 0 Å². The van der Waals surface area contributed by atoms with Gasteiger partial charge in [0.1, 0.15) is 12.1 Å². The summed E-state index contributed by atoms with van der Waals surface area (Å²) in [5.41, 5.74) is 2.78. The number of methoxy groups -OCH3 is 2. The molecule has 0 spiro atoms. The molecule has 0 aromatic rings. The normalized spacial score (nSPS) is 13.6. The maximum atomic E-state index is 13.3. The van der Waals surface area contributed by atoms with Crippen LogP contribution in [0, 0.1) is 0 Å². The highest BCUT2D eigenvalue weighted by atomic mass is 16.5. The zero-order chi connectivity index (χ0) is 29.8. The lowest BCUT2D eigenvalue weighted by Gasteiger charge is -2.26. The molecule has 0 aliphatic rings. The first-order chi connectivity index (χ1) is 18.6. The molecule has 0 rings (SSSR count). The summed E-state index contributed by atoms with van der Waals surface area (Å²) >= 11 is 0. The molecular formula is C31H45N3O5. The topological polar surface area (TPSA) is 88.5 Å². The zero-order valence-corrected chi connectivity index (χ0v) is 25.0. The molecule has 0 aliphatic heterocycles. The van der Waals surface area contributed by atoms with E-state index in [4.69, 9.17) is 9.47 Å². The van der Waals surface area contributed by atoms with Crippen molar-refractivity contribution in [1.29, 1.82) is 0 Å². The van der Waals surface area contributed by atoms with E-state index in [-0.39, 0.29) is 18.2 Å². The molecule has 0 fully saturated rings. The van der Waals surface area contributed by atoms with Gasteiger partial charge < -0.3 is 19.2 Å². The van der Waals surface area contributed by atoms with E-state index in [2.05, 4.69) is 4.99 Å². The number of carbonyl (C=O) groups is 3. The SMILES string of the molecule is C/C=C/C(=O)N(C(CCN(C)C(=O)/C(C)=C(/C=C\C=C(/C)OC)CC=O)=N/C=C/COC)/C(C=C(C)C)=C/C. The fourth-order valence-corrected chi connectivity index (χ4v) is 3.30. The number of nitrogens with zero attached hydrogens (tertiary/aromatic N) is 3. The van der Waals surface area contributed by atoms with Gasteiger partial charge in [-0.1, -0.05) is 29.9 Å². The Morgan fingerprint density at radius 1 is 1.03 bits per heavy atom. The second-order valence-electron chi connectivity index (χ2n) is 8.83. The molecule has 0 aromatic carbocycles. The van der Waals surface area contributed by atoms with Gasteiger partial charge in [-0.25, -0.2) is 4.99 Å². The summed E-state index contributed by atoms with van der Waals surface area (Å²) in [4.78, 5) is 45.4. The van der Waals surface area contributed by atoms with Gasteiger partial charge in [0.2, 0.25) is 5.91 Å². The molecule has 0 unspecified atom stereocenters. The first-order valence-electron chi connectivity index (χ1n) is 12.8. The summed E-state index contributed by atoms with van der Waals surface area (Å²) in [7, 11) is 4.85. The van der Waals surface area contributed by atoms with Crippen molar-refractivity contribution in [2.75, 3.05) is 34.4 Å². The van der Waals surface area contributed by atoms with Crippen molar-refractivity contribution in [2.24, 2.45) is 4.99 Å². The van der Waals surface area contributed by atoms with E-state index in [0.717, 1.165) is 11.9 Å². The molecule has 0 saturated heterocycles. The minimum atomic E-state index is -0.245. The van der Waals surface area contributed by atoms with Crippen LogP contribution in [0.5, 0.6) is 0 Å². The number of aldehydes is 1. The minimum absolute atomic E-state index is 0.109. The van der Waals surface area contributed by atoms with Gasteiger partial charge in [-0.05, 0) is 71.4 Å². The lowest BCUT2D eigenvalue weighted by molar-refractivity contribution is -0.125. The van der Waals surface area contributed by atoms with Crippen molar-refractivity contribution in [2.45, 2.75) is 54.4 Å². The number of allylic oxidation sites excluding steroid dienone is 9. The van der Waals surface area contributed by atoms with Crippen LogP contribution < -0.4 is 0 Å². The number of hydrogen-bond acceptors (Lipinski definition) is 6. The average Bonchev–Trinajstić information content (AvgIpc) is 2.91. The van der Waals surface area contributed by atoms with Gasteiger partial charge >= 0.3 is 0 Å². The Hall–Kier alpha value is -3.78. The highest BCUT2D eigenvalue weighted by Gasteiger charge is 2.22. The highest BCUT2D eigenvalue weighted by molar-refractivity contribution is 6.05. The molecule has 39 heavy (non-hydrogen) atoms. The molecule has 214 valence electrons. The van der Waals surface area contributed by atoms with E-state index in [9.17, 15) is 14.4 Å². The molecule has 0 aromatic heterocycles. The standard InChI is InChI=1S/C31H45N3O5/c1-10-14-30(36)34(28(11-2)23-24(3)4)29(32-19-13-22-38-8)17-20-33(7)31(37)26(6)27(18-21-35)16-12-15-25(5)39-9/h10-16,19,21,23H,17-18,20,22H2,1-9H3/b14-10+,16-12-,19-13+,25-15+,27-26-,28-11+,32-29?. The molecule has 0 radical (unpaired) electrons. The minimum Gasteiger partial charge on any atom is -0.501 e. The average molecular weight is 540 g/mol. The third kappa shape index (κ3) is 13.5. The fourth-order valence-electron chi connectivity index (χ4n) is 3.30. The molecule has 2 amide bonds. The highest BCUT2D eigenvalue weighted by Crippen LogP contribution is 2.16. The fraction of sp³-hybridized carbons (Fsp3) is 0.419. The Labute approximate surface area is 234 Å². The van der Waals surface area contributed by atoms with Gasteiger partial charge in [-0.2, -0.15) is 0 Å². The quantitative estimate of drug-likeness (QED) is 0.0667. The van der Waals surface area contributed by atoms with E-state index in [1.807, 2.05) is 39.8 Å². The molecule has 0 aliphatic carbocycles. The number of rotatable bonds is 15. The van der Waals surface area contributed by atoms with E-state index in [0.29, 0.717) is 48.0 Å². The predicted molar refractivity (Wildman–Crippen MR) is 159 cm³/mol.